The van der Waals surface area contributed by atoms with E-state index < -0.39 is 0 Å². The minimum Gasteiger partial charge on any atom is -0.396 e. The molecule has 1 aromatic carbocycles. The number of ether oxygens (including phenoxy) is 1. The summed E-state index contributed by atoms with van der Waals surface area (Å²) in [6.07, 6.45) is 0.974. The molecule has 2 atom stereocenters. The lowest BCUT2D eigenvalue weighted by Gasteiger charge is -2.36. The van der Waals surface area contributed by atoms with Crippen LogP contribution >= 0.6 is 0 Å². The van der Waals surface area contributed by atoms with Gasteiger partial charge in [0.05, 0.1) is 19.8 Å². The third kappa shape index (κ3) is 3.57. The highest BCUT2D eigenvalue weighted by Crippen LogP contribution is 2.40. The molecule has 1 amide bonds. The Hall–Kier alpha value is -1.43. The van der Waals surface area contributed by atoms with E-state index in [4.69, 9.17) is 4.74 Å². The average Bonchev–Trinajstić information content (AvgIpc) is 2.92. The molecular weight excluding hydrogens is 292 g/mol. The molecule has 2 aliphatic rings. The predicted molar refractivity (Wildman–Crippen MR) is 87.9 cm³/mol. The number of fused-ring (bicyclic) bond motifs is 1. The molecule has 0 bridgehead atoms. The van der Waals surface area contributed by atoms with Gasteiger partial charge in [-0.05, 0) is 30.4 Å². The van der Waals surface area contributed by atoms with Crippen molar-refractivity contribution in [3.05, 3.63) is 35.4 Å². The van der Waals surface area contributed by atoms with Crippen molar-refractivity contribution < 1.29 is 14.6 Å². The zero-order valence-electron chi connectivity index (χ0n) is 13.8. The van der Waals surface area contributed by atoms with Gasteiger partial charge in [0.2, 0.25) is 5.91 Å². The van der Waals surface area contributed by atoms with Crippen molar-refractivity contribution in [3.63, 3.8) is 0 Å². The largest absolute Gasteiger partial charge is 0.396 e. The number of carbonyl (C=O) groups excluding carboxylic acids is 1. The van der Waals surface area contributed by atoms with E-state index in [1.54, 1.807) is 0 Å². The van der Waals surface area contributed by atoms with Gasteiger partial charge in [-0.15, -0.1) is 0 Å². The summed E-state index contributed by atoms with van der Waals surface area (Å²) in [5.41, 5.74) is 2.17. The molecule has 23 heavy (non-hydrogen) atoms. The highest BCUT2D eigenvalue weighted by Gasteiger charge is 2.48. The van der Waals surface area contributed by atoms with Crippen molar-refractivity contribution in [1.82, 2.24) is 10.2 Å². The Morgan fingerprint density at radius 1 is 1.48 bits per heavy atom. The van der Waals surface area contributed by atoms with Crippen LogP contribution in [0.1, 0.15) is 17.5 Å². The first-order chi connectivity index (χ1) is 11.1. The fourth-order valence-electron chi connectivity index (χ4n) is 3.81. The number of carbonyl (C=O) groups is 1. The Kier molecular flexibility index (Phi) is 4.99. The average molecular weight is 318 g/mol. The molecule has 2 fully saturated rings. The van der Waals surface area contributed by atoms with Crippen molar-refractivity contribution >= 4 is 5.91 Å². The Balaban J connectivity index is 1.52. The third-order valence-electron chi connectivity index (χ3n) is 5.30. The number of nitrogens with zero attached hydrogens (tertiary/aromatic N) is 1. The summed E-state index contributed by atoms with van der Waals surface area (Å²) in [6.45, 7) is 6.14. The highest BCUT2D eigenvalue weighted by atomic mass is 16.5. The summed E-state index contributed by atoms with van der Waals surface area (Å²) in [5, 5.41) is 12.8. The number of aryl methyl sites for hydroxylation is 1. The van der Waals surface area contributed by atoms with E-state index >= 15 is 0 Å². The maximum absolute atomic E-state index is 12.2. The minimum absolute atomic E-state index is 0.0425. The van der Waals surface area contributed by atoms with Gasteiger partial charge in [-0.2, -0.15) is 0 Å². The molecule has 3 rings (SSSR count). The molecule has 2 heterocycles. The van der Waals surface area contributed by atoms with Crippen LogP contribution in [-0.2, 0) is 16.1 Å². The molecule has 0 aliphatic carbocycles. The lowest BCUT2D eigenvalue weighted by atomic mass is 9.76. The Bertz CT molecular complexity index is 563. The number of rotatable bonds is 5. The van der Waals surface area contributed by atoms with Crippen molar-refractivity contribution in [2.75, 3.05) is 39.5 Å². The van der Waals surface area contributed by atoms with Gasteiger partial charge in [-0.1, -0.05) is 24.3 Å². The summed E-state index contributed by atoms with van der Waals surface area (Å²) >= 11 is 0. The zero-order chi connectivity index (χ0) is 16.3. The Morgan fingerprint density at radius 3 is 3.04 bits per heavy atom. The second-order valence-corrected chi connectivity index (χ2v) is 6.93. The molecule has 0 unspecified atom stereocenters. The van der Waals surface area contributed by atoms with Crippen LogP contribution in [0.15, 0.2) is 24.3 Å². The van der Waals surface area contributed by atoms with E-state index in [-0.39, 0.29) is 17.9 Å². The van der Waals surface area contributed by atoms with Crippen LogP contribution in [0.3, 0.4) is 0 Å². The van der Waals surface area contributed by atoms with Gasteiger partial charge >= 0.3 is 0 Å². The summed E-state index contributed by atoms with van der Waals surface area (Å²) in [6, 6.07) is 8.09. The van der Waals surface area contributed by atoms with Crippen molar-refractivity contribution in [1.29, 1.82) is 0 Å². The van der Waals surface area contributed by atoms with E-state index in [1.165, 1.54) is 5.56 Å². The SMILES string of the molecule is Cc1ccccc1CNC(=O)CN1C[C@@H]2CCOC[C@]2(CO)C1. The highest BCUT2D eigenvalue weighted by molar-refractivity contribution is 5.78. The first-order valence-corrected chi connectivity index (χ1v) is 8.35. The molecule has 1 aromatic rings. The van der Waals surface area contributed by atoms with Crippen LogP contribution in [0.5, 0.6) is 0 Å². The minimum atomic E-state index is -0.172. The van der Waals surface area contributed by atoms with Gasteiger partial charge in [0, 0.05) is 31.7 Å². The summed E-state index contributed by atoms with van der Waals surface area (Å²) in [7, 11) is 0. The summed E-state index contributed by atoms with van der Waals surface area (Å²) in [4.78, 5) is 14.4. The Labute approximate surface area is 137 Å². The molecule has 5 heteroatoms. The molecule has 2 N–H and O–H groups in total. The smallest absolute Gasteiger partial charge is 0.234 e. The lowest BCUT2D eigenvalue weighted by Crippen LogP contribution is -2.43. The second-order valence-electron chi connectivity index (χ2n) is 6.93. The van der Waals surface area contributed by atoms with Crippen LogP contribution in [0, 0.1) is 18.3 Å². The van der Waals surface area contributed by atoms with Gasteiger partial charge in [0.15, 0.2) is 0 Å². The third-order valence-corrected chi connectivity index (χ3v) is 5.30. The van der Waals surface area contributed by atoms with Gasteiger partial charge in [-0.3, -0.25) is 9.69 Å². The first kappa shape index (κ1) is 16.4. The van der Waals surface area contributed by atoms with Gasteiger partial charge in [0.1, 0.15) is 0 Å². The molecule has 0 radical (unpaired) electrons. The monoisotopic (exact) mass is 318 g/mol. The number of amides is 1. The quantitative estimate of drug-likeness (QED) is 0.848. The topological polar surface area (TPSA) is 61.8 Å². The van der Waals surface area contributed by atoms with E-state index in [9.17, 15) is 9.90 Å². The predicted octanol–water partition coefficient (Wildman–Crippen LogP) is 0.942. The van der Waals surface area contributed by atoms with Crippen molar-refractivity contribution in [2.24, 2.45) is 11.3 Å². The number of likely N-dealkylation sites (tertiary alicyclic amines) is 1. The molecule has 5 nitrogen and oxygen atoms in total. The normalized spacial score (nSPS) is 27.7. The molecule has 2 saturated heterocycles. The number of aliphatic hydroxyl groups excluding tert-OH is 1. The number of benzene rings is 1. The number of hydrogen-bond acceptors (Lipinski definition) is 4. The maximum Gasteiger partial charge on any atom is 0.234 e. The number of hydrogen-bond donors (Lipinski definition) is 2. The fraction of sp³-hybridized carbons (Fsp3) is 0.611. The molecule has 0 spiro atoms. The summed E-state index contributed by atoms with van der Waals surface area (Å²) < 4.78 is 5.56. The van der Waals surface area contributed by atoms with Crippen molar-refractivity contribution in [3.8, 4) is 0 Å². The van der Waals surface area contributed by atoms with Crippen LogP contribution in [0.2, 0.25) is 0 Å². The lowest BCUT2D eigenvalue weighted by molar-refractivity contribution is -0.122. The standard InChI is InChI=1S/C18H26N2O3/c1-14-4-2-3-5-15(14)8-19-17(22)10-20-9-16-6-7-23-13-18(16,11-20)12-21/h2-5,16,21H,6-13H2,1H3,(H,19,22)/t16-,18+/m0/s1. The fourth-order valence-corrected chi connectivity index (χ4v) is 3.81. The molecule has 0 saturated carbocycles. The second kappa shape index (κ2) is 6.99. The van der Waals surface area contributed by atoms with E-state index in [2.05, 4.69) is 23.2 Å². The van der Waals surface area contributed by atoms with E-state index in [1.807, 2.05) is 18.2 Å². The first-order valence-electron chi connectivity index (χ1n) is 8.35. The van der Waals surface area contributed by atoms with E-state index in [0.717, 1.165) is 31.7 Å². The van der Waals surface area contributed by atoms with Crippen LogP contribution < -0.4 is 5.32 Å². The van der Waals surface area contributed by atoms with Gasteiger partial charge in [-0.25, -0.2) is 0 Å². The molecule has 2 aliphatic heterocycles. The van der Waals surface area contributed by atoms with Crippen LogP contribution in [0.4, 0.5) is 0 Å². The zero-order valence-corrected chi connectivity index (χ0v) is 13.8. The van der Waals surface area contributed by atoms with Gasteiger partial charge < -0.3 is 15.2 Å². The summed E-state index contributed by atoms with van der Waals surface area (Å²) in [5.74, 6) is 0.478. The van der Waals surface area contributed by atoms with E-state index in [0.29, 0.717) is 25.6 Å². The maximum atomic E-state index is 12.2. The number of nitrogens with one attached hydrogen (secondary N) is 1. The molecule has 0 aromatic heterocycles. The van der Waals surface area contributed by atoms with Crippen LogP contribution in [-0.4, -0.2) is 55.4 Å². The van der Waals surface area contributed by atoms with Crippen molar-refractivity contribution in [2.45, 2.75) is 19.9 Å². The van der Waals surface area contributed by atoms with Gasteiger partial charge in [0.25, 0.3) is 0 Å². The molecular formula is C18H26N2O3. The number of aliphatic hydroxyl groups is 1. The molecule has 126 valence electrons. The Morgan fingerprint density at radius 2 is 2.30 bits per heavy atom. The van der Waals surface area contributed by atoms with Crippen LogP contribution in [0.25, 0.3) is 0 Å².